The molecule has 2 amide bonds. The second-order valence-corrected chi connectivity index (χ2v) is 7.79. The molecule has 1 aromatic carbocycles. The Hall–Kier alpha value is -2.13. The molecule has 27 heavy (non-hydrogen) atoms. The smallest absolute Gasteiger partial charge is 0.321 e. The first-order valence-corrected chi connectivity index (χ1v) is 9.44. The lowest BCUT2D eigenvalue weighted by Gasteiger charge is -2.17. The van der Waals surface area contributed by atoms with Crippen molar-refractivity contribution < 1.29 is 18.0 Å². The second kappa shape index (κ2) is 7.85. The van der Waals surface area contributed by atoms with Gasteiger partial charge in [-0.3, -0.25) is 4.57 Å². The van der Waals surface area contributed by atoms with Crippen molar-refractivity contribution in [2.24, 2.45) is 4.99 Å². The molecule has 146 valence electrons. The van der Waals surface area contributed by atoms with Gasteiger partial charge in [0.05, 0.1) is 5.56 Å². The summed E-state index contributed by atoms with van der Waals surface area (Å²) in [6, 6.07) is 4.53. The maximum absolute atomic E-state index is 12.8. The minimum absolute atomic E-state index is 0.312. The number of halogens is 3. The van der Waals surface area contributed by atoms with Crippen LogP contribution in [0.1, 0.15) is 16.9 Å². The number of hydrogen-bond acceptors (Lipinski definition) is 3. The van der Waals surface area contributed by atoms with E-state index in [1.807, 2.05) is 14.0 Å². The number of carbonyl (C=O) groups excluding carboxylic acids is 1. The summed E-state index contributed by atoms with van der Waals surface area (Å²) in [5.41, 5.74) is -0.170. The lowest BCUT2D eigenvalue weighted by Crippen LogP contribution is -2.33. The Bertz CT molecular complexity index is 870. The highest BCUT2D eigenvalue weighted by molar-refractivity contribution is 7.09. The summed E-state index contributed by atoms with van der Waals surface area (Å²) in [6.07, 6.45) is -1.72. The average molecular weight is 398 g/mol. The predicted octanol–water partition coefficient (Wildman–Crippen LogP) is 3.52. The number of alkyl halides is 3. The van der Waals surface area contributed by atoms with Gasteiger partial charge in [0.1, 0.15) is 0 Å². The second-order valence-electron chi connectivity index (χ2n) is 6.58. The fourth-order valence-electron chi connectivity index (χ4n) is 2.92. The van der Waals surface area contributed by atoms with Crippen molar-refractivity contribution in [1.82, 2.24) is 14.4 Å². The zero-order chi connectivity index (χ0) is 19.6. The van der Waals surface area contributed by atoms with Crippen molar-refractivity contribution in [3.05, 3.63) is 45.7 Å². The number of carbonyl (C=O) groups is 1. The van der Waals surface area contributed by atoms with Crippen LogP contribution in [0, 0.1) is 6.92 Å². The monoisotopic (exact) mass is 398 g/mol. The Balaban J connectivity index is 1.89. The van der Waals surface area contributed by atoms with Crippen molar-refractivity contribution in [3.8, 4) is 5.69 Å². The summed E-state index contributed by atoms with van der Waals surface area (Å²) in [4.78, 5) is 22.1. The number of nitrogens with zero attached hydrogens (tertiary/aromatic N) is 4. The summed E-state index contributed by atoms with van der Waals surface area (Å²) in [6.45, 7) is 4.87. The van der Waals surface area contributed by atoms with E-state index in [9.17, 15) is 18.0 Å². The van der Waals surface area contributed by atoms with Crippen molar-refractivity contribution in [1.29, 1.82) is 0 Å². The number of benzene rings is 1. The normalized spacial score (nSPS) is 17.2. The van der Waals surface area contributed by atoms with Crippen LogP contribution in [0.25, 0.3) is 5.69 Å². The molecule has 2 aromatic rings. The van der Waals surface area contributed by atoms with Crippen LogP contribution < -0.4 is 4.80 Å². The molecule has 9 heteroatoms. The van der Waals surface area contributed by atoms with Crippen LogP contribution in [-0.4, -0.2) is 53.6 Å². The minimum Gasteiger partial charge on any atom is -0.321 e. The topological polar surface area (TPSA) is 40.8 Å². The standard InChI is InChI=1S/C18H21F3N4OS/c1-13-12-25(15-6-4-14(5-7-15)18(19,20)21)17(27-13)22-16(26)24-9-3-8-23(2)10-11-24/h4-7,12H,3,8-11H2,1-2H3. The summed E-state index contributed by atoms with van der Waals surface area (Å²) in [5.74, 6) is 0. The Morgan fingerprint density at radius 2 is 1.81 bits per heavy atom. The van der Waals surface area contributed by atoms with Gasteiger partial charge >= 0.3 is 12.2 Å². The van der Waals surface area contributed by atoms with E-state index in [1.54, 1.807) is 15.7 Å². The molecule has 0 spiro atoms. The van der Waals surface area contributed by atoms with Gasteiger partial charge in [-0.25, -0.2) is 4.79 Å². The summed E-state index contributed by atoms with van der Waals surface area (Å²) < 4.78 is 40.0. The lowest BCUT2D eigenvalue weighted by molar-refractivity contribution is -0.137. The third kappa shape index (κ3) is 4.78. The number of rotatable bonds is 1. The number of amides is 2. The summed E-state index contributed by atoms with van der Waals surface area (Å²) in [7, 11) is 2.02. The average Bonchev–Trinajstić information content (AvgIpc) is 2.82. The van der Waals surface area contributed by atoms with Crippen molar-refractivity contribution in [2.75, 3.05) is 33.2 Å². The fraction of sp³-hybridized carbons (Fsp3) is 0.444. The van der Waals surface area contributed by atoms with Gasteiger partial charge in [0, 0.05) is 36.4 Å². The summed E-state index contributed by atoms with van der Waals surface area (Å²) >= 11 is 1.33. The lowest BCUT2D eigenvalue weighted by atomic mass is 10.2. The van der Waals surface area contributed by atoms with Gasteiger partial charge in [0.25, 0.3) is 0 Å². The van der Waals surface area contributed by atoms with Crippen LogP contribution in [0.5, 0.6) is 0 Å². The number of aromatic nitrogens is 1. The Morgan fingerprint density at radius 3 is 2.48 bits per heavy atom. The predicted molar refractivity (Wildman–Crippen MR) is 98.0 cm³/mol. The molecule has 0 unspecified atom stereocenters. The Kier molecular flexibility index (Phi) is 5.71. The first-order chi connectivity index (χ1) is 12.7. The highest BCUT2D eigenvalue weighted by Crippen LogP contribution is 2.29. The molecule has 0 bridgehead atoms. The quantitative estimate of drug-likeness (QED) is 0.738. The number of thiazole rings is 1. The molecule has 1 saturated heterocycles. The number of urea groups is 1. The largest absolute Gasteiger partial charge is 0.416 e. The van der Waals surface area contributed by atoms with E-state index in [0.29, 0.717) is 23.6 Å². The molecule has 0 radical (unpaired) electrons. The SMILES string of the molecule is Cc1cn(-c2ccc(C(F)(F)F)cc2)c(=NC(=O)N2CCCN(C)CC2)s1. The van der Waals surface area contributed by atoms with Crippen LogP contribution in [0.15, 0.2) is 35.5 Å². The zero-order valence-corrected chi connectivity index (χ0v) is 16.0. The van der Waals surface area contributed by atoms with Crippen molar-refractivity contribution >= 4 is 17.4 Å². The van der Waals surface area contributed by atoms with Gasteiger partial charge in [-0.15, -0.1) is 11.3 Å². The number of likely N-dealkylation sites (N-methyl/N-ethyl adjacent to an activating group) is 1. The van der Waals surface area contributed by atoms with Crippen LogP contribution in [-0.2, 0) is 6.18 Å². The molecule has 2 heterocycles. The van der Waals surface area contributed by atoms with Crippen LogP contribution in [0.3, 0.4) is 0 Å². The van der Waals surface area contributed by atoms with Crippen LogP contribution in [0.4, 0.5) is 18.0 Å². The number of hydrogen-bond donors (Lipinski definition) is 0. The van der Waals surface area contributed by atoms with E-state index >= 15 is 0 Å². The molecule has 0 N–H and O–H groups in total. The van der Waals surface area contributed by atoms with Gasteiger partial charge < -0.3 is 9.80 Å². The van der Waals surface area contributed by atoms with E-state index in [4.69, 9.17) is 0 Å². The number of aryl methyl sites for hydroxylation is 1. The van der Waals surface area contributed by atoms with Gasteiger partial charge in [0.2, 0.25) is 0 Å². The molecule has 1 fully saturated rings. The molecule has 3 rings (SSSR count). The van der Waals surface area contributed by atoms with Gasteiger partial charge in [-0.1, -0.05) is 0 Å². The van der Waals surface area contributed by atoms with Crippen LogP contribution in [0.2, 0.25) is 0 Å². The maximum Gasteiger partial charge on any atom is 0.416 e. The third-order valence-electron chi connectivity index (χ3n) is 4.42. The first kappa shape index (κ1) is 19.6. The van der Waals surface area contributed by atoms with Crippen molar-refractivity contribution in [2.45, 2.75) is 19.5 Å². The first-order valence-electron chi connectivity index (χ1n) is 8.63. The fourth-order valence-corrected chi connectivity index (χ4v) is 3.75. The van der Waals surface area contributed by atoms with Crippen LogP contribution >= 0.6 is 11.3 Å². The molecule has 0 aliphatic carbocycles. The zero-order valence-electron chi connectivity index (χ0n) is 15.2. The Labute approximate surface area is 159 Å². The molecule has 1 aliphatic heterocycles. The van der Waals surface area contributed by atoms with E-state index < -0.39 is 11.7 Å². The molecule has 1 aromatic heterocycles. The molecular weight excluding hydrogens is 377 g/mol. The van der Waals surface area contributed by atoms with Gasteiger partial charge in [-0.05, 0) is 51.2 Å². The van der Waals surface area contributed by atoms with Gasteiger partial charge in [0.15, 0.2) is 4.80 Å². The van der Waals surface area contributed by atoms with Crippen molar-refractivity contribution in [3.63, 3.8) is 0 Å². The highest BCUT2D eigenvalue weighted by Gasteiger charge is 2.30. The maximum atomic E-state index is 12.8. The van der Waals surface area contributed by atoms with E-state index in [2.05, 4.69) is 9.89 Å². The van der Waals surface area contributed by atoms with E-state index in [-0.39, 0.29) is 6.03 Å². The van der Waals surface area contributed by atoms with E-state index in [1.165, 1.54) is 23.5 Å². The highest BCUT2D eigenvalue weighted by atomic mass is 32.1. The summed E-state index contributed by atoms with van der Waals surface area (Å²) in [5, 5.41) is 0. The molecule has 5 nitrogen and oxygen atoms in total. The molecule has 0 atom stereocenters. The molecule has 1 aliphatic rings. The third-order valence-corrected chi connectivity index (χ3v) is 5.32. The minimum atomic E-state index is -4.38. The Morgan fingerprint density at radius 1 is 1.11 bits per heavy atom. The van der Waals surface area contributed by atoms with Gasteiger partial charge in [-0.2, -0.15) is 18.2 Å². The molecular formula is C18H21F3N4OS. The molecule has 0 saturated carbocycles. The van der Waals surface area contributed by atoms with E-state index in [0.717, 1.165) is 36.5 Å².